The van der Waals surface area contributed by atoms with Crippen LogP contribution in [0.3, 0.4) is 0 Å². The number of carbonyl (C=O) groups excluding carboxylic acids is 1. The molecule has 7 nitrogen and oxygen atoms in total. The summed E-state index contributed by atoms with van der Waals surface area (Å²) in [6.07, 6.45) is 1.87. The number of carbonyl (C=O) groups is 1. The lowest BCUT2D eigenvalue weighted by Crippen LogP contribution is -2.49. The van der Waals surface area contributed by atoms with Gasteiger partial charge in [-0.1, -0.05) is 26.0 Å². The fourth-order valence-corrected chi connectivity index (χ4v) is 6.25. The maximum atomic E-state index is 15.0. The van der Waals surface area contributed by atoms with Crippen LogP contribution in [0.1, 0.15) is 44.9 Å². The van der Waals surface area contributed by atoms with E-state index in [1.807, 2.05) is 13.0 Å². The SMILES string of the molecule is CC(=O)N1CCN(c2nc(-c3ccccc3F)c3c(n2)[C@]2(C)CC(C#N)=C(O)[C@H](C)[C@H]2CC3)CC1. The molecule has 3 aliphatic rings. The van der Waals surface area contributed by atoms with E-state index in [4.69, 9.17) is 9.97 Å². The van der Waals surface area contributed by atoms with E-state index >= 15 is 4.39 Å². The van der Waals surface area contributed by atoms with E-state index < -0.39 is 5.41 Å². The van der Waals surface area contributed by atoms with E-state index in [0.29, 0.717) is 61.8 Å². The van der Waals surface area contributed by atoms with Gasteiger partial charge in [0.2, 0.25) is 11.9 Å². The van der Waals surface area contributed by atoms with Crippen molar-refractivity contribution in [1.29, 1.82) is 5.26 Å². The summed E-state index contributed by atoms with van der Waals surface area (Å²) in [5.74, 6) is 0.369. The van der Waals surface area contributed by atoms with Crippen LogP contribution >= 0.6 is 0 Å². The van der Waals surface area contributed by atoms with Gasteiger partial charge in [-0.15, -0.1) is 0 Å². The van der Waals surface area contributed by atoms with Gasteiger partial charge in [-0.2, -0.15) is 5.26 Å². The number of anilines is 1. The zero-order valence-electron chi connectivity index (χ0n) is 20.4. The summed E-state index contributed by atoms with van der Waals surface area (Å²) >= 11 is 0. The smallest absolute Gasteiger partial charge is 0.226 e. The zero-order valence-corrected chi connectivity index (χ0v) is 20.4. The number of aliphatic hydroxyl groups excluding tert-OH is 1. The highest BCUT2D eigenvalue weighted by molar-refractivity contribution is 5.73. The molecule has 182 valence electrons. The number of allylic oxidation sites excluding steroid dienone is 2. The lowest BCUT2D eigenvalue weighted by Gasteiger charge is -2.48. The van der Waals surface area contributed by atoms with Crippen LogP contribution in [0.25, 0.3) is 11.3 Å². The van der Waals surface area contributed by atoms with Gasteiger partial charge in [-0.25, -0.2) is 14.4 Å². The third-order valence-electron chi connectivity index (χ3n) is 8.22. The molecule has 2 heterocycles. The molecule has 5 rings (SSSR count). The third-order valence-corrected chi connectivity index (χ3v) is 8.22. The number of aliphatic hydroxyl groups is 1. The monoisotopic (exact) mass is 475 g/mol. The highest BCUT2D eigenvalue weighted by Gasteiger charge is 2.50. The Kier molecular flexibility index (Phi) is 5.74. The molecule has 1 fully saturated rings. The molecule has 1 saturated heterocycles. The van der Waals surface area contributed by atoms with E-state index in [9.17, 15) is 15.2 Å². The van der Waals surface area contributed by atoms with Gasteiger partial charge in [-0.05, 0) is 37.3 Å². The molecule has 0 bridgehead atoms. The standard InChI is InChI=1S/C27H30FN5O2/c1-16-21-9-8-20-23(19-6-4-5-7-22(19)28)30-26(33-12-10-32(11-13-33)17(2)34)31-25(20)27(21,3)14-18(15-29)24(16)35/h4-7,16,21,35H,8-14H2,1-3H3/t16-,21-,27-/m1/s1. The maximum absolute atomic E-state index is 15.0. The number of nitrogens with zero attached hydrogens (tertiary/aromatic N) is 5. The van der Waals surface area contributed by atoms with Gasteiger partial charge in [0.1, 0.15) is 11.6 Å². The predicted octanol–water partition coefficient (Wildman–Crippen LogP) is 4.15. The Balaban J connectivity index is 1.67. The van der Waals surface area contributed by atoms with Crippen LogP contribution < -0.4 is 4.90 Å². The Hall–Kier alpha value is -3.47. The van der Waals surface area contributed by atoms with Gasteiger partial charge in [0, 0.05) is 55.6 Å². The summed E-state index contributed by atoms with van der Waals surface area (Å²) in [6.45, 7) is 8.01. The van der Waals surface area contributed by atoms with Gasteiger partial charge < -0.3 is 14.9 Å². The van der Waals surface area contributed by atoms with Crippen LogP contribution in [0.2, 0.25) is 0 Å². The molecule has 35 heavy (non-hydrogen) atoms. The van der Waals surface area contributed by atoms with Crippen molar-refractivity contribution < 1.29 is 14.3 Å². The number of hydrogen-bond donors (Lipinski definition) is 1. The van der Waals surface area contributed by atoms with Crippen LogP contribution in [-0.2, 0) is 16.6 Å². The second kappa shape index (κ2) is 8.63. The number of hydrogen-bond acceptors (Lipinski definition) is 6. The number of rotatable bonds is 2. The summed E-state index contributed by atoms with van der Waals surface area (Å²) in [5.41, 5.74) is 2.72. The van der Waals surface area contributed by atoms with E-state index in [0.717, 1.165) is 17.7 Å². The zero-order chi connectivity index (χ0) is 24.9. The lowest BCUT2D eigenvalue weighted by atomic mass is 9.56. The first-order valence-electron chi connectivity index (χ1n) is 12.2. The normalized spacial score (nSPS) is 26.1. The molecular formula is C27H30FN5O2. The number of halogens is 1. The topological polar surface area (TPSA) is 93.4 Å². The molecule has 0 spiro atoms. The van der Waals surface area contributed by atoms with Gasteiger partial charge in [0.15, 0.2) is 0 Å². The van der Waals surface area contributed by atoms with Crippen molar-refractivity contribution in [2.75, 3.05) is 31.1 Å². The fourth-order valence-electron chi connectivity index (χ4n) is 6.25. The Labute approximate surface area is 204 Å². The average Bonchev–Trinajstić information content (AvgIpc) is 2.86. The average molecular weight is 476 g/mol. The van der Waals surface area contributed by atoms with Crippen LogP contribution in [0.4, 0.5) is 10.3 Å². The molecule has 2 aliphatic carbocycles. The summed E-state index contributed by atoms with van der Waals surface area (Å²) in [4.78, 5) is 25.7. The quantitative estimate of drug-likeness (QED) is 0.702. The van der Waals surface area contributed by atoms with Crippen molar-refractivity contribution >= 4 is 11.9 Å². The second-order valence-electron chi connectivity index (χ2n) is 10.2. The van der Waals surface area contributed by atoms with Crippen molar-refractivity contribution in [3.8, 4) is 17.3 Å². The van der Waals surface area contributed by atoms with Crippen LogP contribution in [-0.4, -0.2) is 52.1 Å². The molecule has 1 aromatic carbocycles. The van der Waals surface area contributed by atoms with Crippen molar-refractivity contribution in [3.05, 3.63) is 52.7 Å². The molecule has 1 aromatic heterocycles. The number of nitriles is 1. The first-order valence-corrected chi connectivity index (χ1v) is 12.2. The fraction of sp³-hybridized carbons (Fsp3) is 0.481. The van der Waals surface area contributed by atoms with Crippen molar-refractivity contribution in [3.63, 3.8) is 0 Å². The number of amides is 1. The summed E-state index contributed by atoms with van der Waals surface area (Å²) < 4.78 is 15.0. The molecule has 1 aliphatic heterocycles. The Morgan fingerprint density at radius 2 is 1.94 bits per heavy atom. The van der Waals surface area contributed by atoms with Gasteiger partial charge in [-0.3, -0.25) is 4.79 Å². The number of fused-ring (bicyclic) bond motifs is 3. The maximum Gasteiger partial charge on any atom is 0.226 e. The summed E-state index contributed by atoms with van der Waals surface area (Å²) in [6, 6.07) is 8.87. The van der Waals surface area contributed by atoms with Gasteiger partial charge in [0.25, 0.3) is 0 Å². The first-order chi connectivity index (χ1) is 16.7. The third kappa shape index (κ3) is 3.74. The Bertz CT molecular complexity index is 1260. The van der Waals surface area contributed by atoms with Crippen molar-refractivity contribution in [2.24, 2.45) is 11.8 Å². The number of piperazine rings is 1. The minimum Gasteiger partial charge on any atom is -0.511 e. The number of aromatic nitrogens is 2. The van der Waals surface area contributed by atoms with Crippen molar-refractivity contribution in [1.82, 2.24) is 14.9 Å². The van der Waals surface area contributed by atoms with Crippen molar-refractivity contribution in [2.45, 2.75) is 45.4 Å². The Morgan fingerprint density at radius 3 is 2.60 bits per heavy atom. The largest absolute Gasteiger partial charge is 0.511 e. The minimum atomic E-state index is -0.483. The first kappa shape index (κ1) is 23.3. The van der Waals surface area contributed by atoms with E-state index in [-0.39, 0.29) is 29.3 Å². The van der Waals surface area contributed by atoms with Crippen LogP contribution in [0.15, 0.2) is 35.6 Å². The van der Waals surface area contributed by atoms with Crippen LogP contribution in [0.5, 0.6) is 0 Å². The minimum absolute atomic E-state index is 0.0465. The molecule has 8 heteroatoms. The number of benzene rings is 1. The predicted molar refractivity (Wildman–Crippen MR) is 130 cm³/mol. The Morgan fingerprint density at radius 1 is 1.23 bits per heavy atom. The van der Waals surface area contributed by atoms with Gasteiger partial charge in [0.05, 0.1) is 23.0 Å². The molecule has 2 aromatic rings. The summed E-state index contributed by atoms with van der Waals surface area (Å²) in [5, 5.41) is 20.4. The highest BCUT2D eigenvalue weighted by Crippen LogP contribution is 2.54. The molecule has 1 amide bonds. The lowest BCUT2D eigenvalue weighted by molar-refractivity contribution is -0.129. The van der Waals surface area contributed by atoms with E-state index in [1.165, 1.54) is 6.07 Å². The molecule has 0 unspecified atom stereocenters. The van der Waals surface area contributed by atoms with E-state index in [2.05, 4.69) is 17.9 Å². The van der Waals surface area contributed by atoms with E-state index in [1.54, 1.807) is 24.0 Å². The molecule has 1 N–H and O–H groups in total. The molecular weight excluding hydrogens is 445 g/mol. The highest BCUT2D eigenvalue weighted by atomic mass is 19.1. The molecule has 0 radical (unpaired) electrons. The molecule has 3 atom stereocenters. The van der Waals surface area contributed by atoms with Crippen LogP contribution in [0, 0.1) is 29.0 Å². The second-order valence-corrected chi connectivity index (χ2v) is 10.2. The van der Waals surface area contributed by atoms with Gasteiger partial charge >= 0.3 is 0 Å². The molecule has 0 saturated carbocycles. The summed E-state index contributed by atoms with van der Waals surface area (Å²) in [7, 11) is 0.